The summed E-state index contributed by atoms with van der Waals surface area (Å²) in [6.07, 6.45) is 5.77. The molecule has 7 atom stereocenters. The van der Waals surface area contributed by atoms with Crippen molar-refractivity contribution in [3.63, 3.8) is 0 Å². The van der Waals surface area contributed by atoms with Crippen LogP contribution < -0.4 is 4.90 Å². The van der Waals surface area contributed by atoms with Crippen molar-refractivity contribution in [3.8, 4) is 0 Å². The predicted molar refractivity (Wildman–Crippen MR) is 118 cm³/mol. The standard InChI is InChI=1S/C26H23ClFNO3/c27-20-11-13(1-9-21(20)28)2-10-22(30)14-3-5-15(6-4-14)29-25(31)23-16-7-8-17(19-12-18(16)19)24(23)26(29)32/h1,3-9,11,16-19,22-24,30H,2,10,12H2. The lowest BCUT2D eigenvalue weighted by atomic mass is 9.63. The Hall–Kier alpha value is -2.50. The molecule has 1 N–H and O–H groups in total. The van der Waals surface area contributed by atoms with E-state index in [1.54, 1.807) is 36.4 Å². The highest BCUT2D eigenvalue weighted by Crippen LogP contribution is 2.65. The largest absolute Gasteiger partial charge is 0.388 e. The van der Waals surface area contributed by atoms with E-state index in [0.717, 1.165) is 12.0 Å². The molecule has 0 radical (unpaired) electrons. The summed E-state index contributed by atoms with van der Waals surface area (Å²) in [6, 6.07) is 11.6. The molecule has 7 unspecified atom stereocenters. The third-order valence-electron chi connectivity index (χ3n) is 7.89. The summed E-state index contributed by atoms with van der Waals surface area (Å²) < 4.78 is 13.3. The molecule has 1 saturated heterocycles. The lowest BCUT2D eigenvalue weighted by Crippen LogP contribution is -2.40. The molecule has 2 aromatic carbocycles. The number of carbonyl (C=O) groups excluding carboxylic acids is 2. The van der Waals surface area contributed by atoms with E-state index in [1.807, 2.05) is 0 Å². The average Bonchev–Trinajstić information content (AvgIpc) is 3.58. The first-order chi connectivity index (χ1) is 15.4. The number of benzene rings is 2. The van der Waals surface area contributed by atoms with Crippen LogP contribution in [-0.4, -0.2) is 16.9 Å². The van der Waals surface area contributed by atoms with Gasteiger partial charge in [-0.15, -0.1) is 0 Å². The van der Waals surface area contributed by atoms with E-state index < -0.39 is 11.9 Å². The molecule has 4 aliphatic carbocycles. The first kappa shape index (κ1) is 20.1. The van der Waals surface area contributed by atoms with E-state index in [1.165, 1.54) is 11.0 Å². The zero-order valence-electron chi connectivity index (χ0n) is 17.3. The molecule has 4 nitrogen and oxygen atoms in total. The molecule has 5 aliphatic rings. The molecule has 1 heterocycles. The van der Waals surface area contributed by atoms with Gasteiger partial charge in [-0.2, -0.15) is 0 Å². The molecule has 1 aliphatic heterocycles. The Bertz CT molecular complexity index is 1110. The third-order valence-corrected chi connectivity index (χ3v) is 8.18. The summed E-state index contributed by atoms with van der Waals surface area (Å²) in [5.41, 5.74) is 2.13. The Balaban J connectivity index is 1.16. The number of allylic oxidation sites excluding steroid dienone is 2. The molecule has 0 aromatic heterocycles. The molecule has 2 bridgehead atoms. The summed E-state index contributed by atoms with van der Waals surface area (Å²) in [5.74, 6) is 0.529. The minimum absolute atomic E-state index is 0.0720. The van der Waals surface area contributed by atoms with Crippen LogP contribution in [0, 0.1) is 41.3 Å². The van der Waals surface area contributed by atoms with E-state index in [9.17, 15) is 19.1 Å². The second-order valence-electron chi connectivity index (χ2n) is 9.56. The zero-order valence-corrected chi connectivity index (χ0v) is 18.1. The average molecular weight is 452 g/mol. The Kier molecular flexibility index (Phi) is 4.57. The summed E-state index contributed by atoms with van der Waals surface area (Å²) in [4.78, 5) is 27.8. The summed E-state index contributed by atoms with van der Waals surface area (Å²) >= 11 is 5.83. The van der Waals surface area contributed by atoms with Gasteiger partial charge in [0.2, 0.25) is 11.8 Å². The topological polar surface area (TPSA) is 57.6 Å². The Labute approximate surface area is 190 Å². The zero-order chi connectivity index (χ0) is 22.1. The van der Waals surface area contributed by atoms with Crippen molar-refractivity contribution in [3.05, 3.63) is 76.6 Å². The Morgan fingerprint density at radius 2 is 1.62 bits per heavy atom. The highest BCUT2D eigenvalue weighted by molar-refractivity contribution is 6.30. The number of halogens is 2. The van der Waals surface area contributed by atoms with Crippen molar-refractivity contribution < 1.29 is 19.1 Å². The van der Waals surface area contributed by atoms with Crippen LogP contribution in [0.3, 0.4) is 0 Å². The number of anilines is 1. The number of hydrogen-bond acceptors (Lipinski definition) is 3. The fourth-order valence-electron chi connectivity index (χ4n) is 6.22. The van der Waals surface area contributed by atoms with Crippen molar-refractivity contribution >= 4 is 29.1 Å². The van der Waals surface area contributed by atoms with Crippen LogP contribution in [0.5, 0.6) is 0 Å². The van der Waals surface area contributed by atoms with Crippen LogP contribution in [0.2, 0.25) is 5.02 Å². The fourth-order valence-corrected chi connectivity index (χ4v) is 6.43. The minimum Gasteiger partial charge on any atom is -0.388 e. The van der Waals surface area contributed by atoms with Crippen molar-refractivity contribution in [2.45, 2.75) is 25.4 Å². The number of amides is 2. The normalized spacial score (nSPS) is 32.8. The first-order valence-corrected chi connectivity index (χ1v) is 11.6. The maximum absolute atomic E-state index is 13.3. The number of imide groups is 1. The van der Waals surface area contributed by atoms with Crippen LogP contribution in [0.1, 0.15) is 30.1 Å². The van der Waals surface area contributed by atoms with Gasteiger partial charge in [0.1, 0.15) is 5.82 Å². The number of rotatable bonds is 5. The first-order valence-electron chi connectivity index (χ1n) is 11.2. The molecule has 3 fully saturated rings. The molecule has 164 valence electrons. The molecular formula is C26H23ClFNO3. The number of nitrogens with zero attached hydrogens (tertiary/aromatic N) is 1. The summed E-state index contributed by atoms with van der Waals surface area (Å²) in [7, 11) is 0. The number of aliphatic hydroxyl groups excluding tert-OH is 1. The fraction of sp³-hybridized carbons (Fsp3) is 0.385. The Morgan fingerprint density at radius 3 is 2.22 bits per heavy atom. The number of hydrogen-bond donors (Lipinski definition) is 1. The molecule has 32 heavy (non-hydrogen) atoms. The summed E-state index contributed by atoms with van der Waals surface area (Å²) in [5, 5.41) is 10.7. The van der Waals surface area contributed by atoms with E-state index >= 15 is 0 Å². The predicted octanol–water partition coefficient (Wildman–Crippen LogP) is 4.70. The van der Waals surface area contributed by atoms with E-state index in [-0.39, 0.29) is 40.5 Å². The molecule has 2 amide bonds. The third kappa shape index (κ3) is 2.98. The number of aryl methyl sites for hydroxylation is 1. The van der Waals surface area contributed by atoms with Gasteiger partial charge < -0.3 is 5.11 Å². The van der Waals surface area contributed by atoms with Crippen molar-refractivity contribution in [1.29, 1.82) is 0 Å². The number of carbonyl (C=O) groups is 2. The van der Waals surface area contributed by atoms with Crippen LogP contribution in [0.25, 0.3) is 0 Å². The molecule has 0 spiro atoms. The SMILES string of the molecule is O=C1C2C3C=CC(C4CC34)C2C(=O)N1c1ccc(C(O)CCc2ccc(F)c(Cl)c2)cc1. The van der Waals surface area contributed by atoms with E-state index in [2.05, 4.69) is 12.2 Å². The second-order valence-corrected chi connectivity index (χ2v) is 9.97. The highest BCUT2D eigenvalue weighted by Gasteiger charge is 2.67. The smallest absolute Gasteiger partial charge is 0.238 e. The number of aliphatic hydroxyl groups is 1. The van der Waals surface area contributed by atoms with Gasteiger partial charge in [-0.25, -0.2) is 4.39 Å². The lowest BCUT2D eigenvalue weighted by Gasteiger charge is -2.37. The van der Waals surface area contributed by atoms with Gasteiger partial charge in [0.15, 0.2) is 0 Å². The molecule has 6 heteroatoms. The van der Waals surface area contributed by atoms with Gasteiger partial charge >= 0.3 is 0 Å². The summed E-state index contributed by atoms with van der Waals surface area (Å²) in [6.45, 7) is 0. The van der Waals surface area contributed by atoms with Crippen LogP contribution in [0.4, 0.5) is 10.1 Å². The monoisotopic (exact) mass is 451 g/mol. The molecular weight excluding hydrogens is 429 g/mol. The van der Waals surface area contributed by atoms with Gasteiger partial charge in [-0.1, -0.05) is 42.0 Å². The van der Waals surface area contributed by atoms with Crippen LogP contribution in [0.15, 0.2) is 54.6 Å². The quantitative estimate of drug-likeness (QED) is 0.529. The van der Waals surface area contributed by atoms with Crippen molar-refractivity contribution in [2.24, 2.45) is 35.5 Å². The van der Waals surface area contributed by atoms with Gasteiger partial charge in [0.25, 0.3) is 0 Å². The molecule has 2 saturated carbocycles. The maximum atomic E-state index is 13.3. The molecule has 2 aromatic rings. The van der Waals surface area contributed by atoms with Crippen molar-refractivity contribution in [2.75, 3.05) is 4.90 Å². The minimum atomic E-state index is -0.715. The van der Waals surface area contributed by atoms with Crippen LogP contribution >= 0.6 is 11.6 Å². The Morgan fingerprint density at radius 1 is 1.00 bits per heavy atom. The molecule has 7 rings (SSSR count). The van der Waals surface area contributed by atoms with E-state index in [0.29, 0.717) is 35.9 Å². The van der Waals surface area contributed by atoms with Gasteiger partial charge in [-0.05, 0) is 78.3 Å². The van der Waals surface area contributed by atoms with E-state index in [4.69, 9.17) is 11.6 Å². The van der Waals surface area contributed by atoms with Crippen LogP contribution in [-0.2, 0) is 16.0 Å². The highest BCUT2D eigenvalue weighted by atomic mass is 35.5. The van der Waals surface area contributed by atoms with Gasteiger partial charge in [0, 0.05) is 0 Å². The van der Waals surface area contributed by atoms with Crippen molar-refractivity contribution in [1.82, 2.24) is 0 Å². The maximum Gasteiger partial charge on any atom is 0.238 e. The lowest BCUT2D eigenvalue weighted by molar-refractivity contribution is -0.124. The van der Waals surface area contributed by atoms with Gasteiger partial charge in [0.05, 0.1) is 28.6 Å². The van der Waals surface area contributed by atoms with Gasteiger partial charge in [-0.3, -0.25) is 14.5 Å². The second kappa shape index (κ2) is 7.26.